The lowest BCUT2D eigenvalue weighted by Gasteiger charge is -2.48. The first-order valence-corrected chi connectivity index (χ1v) is 26.7. The third-order valence-electron chi connectivity index (χ3n) is 13.4. The summed E-state index contributed by atoms with van der Waals surface area (Å²) in [6.07, 6.45) is 8.62. The van der Waals surface area contributed by atoms with Gasteiger partial charge in [-0.3, -0.25) is 4.79 Å². The van der Waals surface area contributed by atoms with E-state index in [0.717, 1.165) is 57.8 Å². The van der Waals surface area contributed by atoms with Crippen molar-refractivity contribution >= 4 is 5.91 Å². The summed E-state index contributed by atoms with van der Waals surface area (Å²) in [6, 6.07) is -0.990. The lowest BCUT2D eigenvalue weighted by atomic mass is 9.96. The van der Waals surface area contributed by atoms with Crippen molar-refractivity contribution in [2.24, 2.45) is 0 Å². The largest absolute Gasteiger partial charge is 0.394 e. The average molecular weight is 1020 g/mol. The lowest BCUT2D eigenvalue weighted by molar-refractivity contribution is -0.379. The molecule has 0 aromatic rings. The van der Waals surface area contributed by atoms with E-state index < -0.39 is 124 Å². The first kappa shape index (κ1) is 63.3. The lowest BCUT2D eigenvalue weighted by Crippen LogP contribution is -2.66. The second kappa shape index (κ2) is 36.9. The van der Waals surface area contributed by atoms with Crippen LogP contribution in [0.1, 0.15) is 155 Å². The number of ether oxygens (including phenoxy) is 6. The van der Waals surface area contributed by atoms with Crippen LogP contribution in [0.3, 0.4) is 0 Å². The maximum atomic E-state index is 13.2. The van der Waals surface area contributed by atoms with E-state index in [-0.39, 0.29) is 18.9 Å². The van der Waals surface area contributed by atoms with Crippen molar-refractivity contribution in [1.29, 1.82) is 0 Å². The van der Waals surface area contributed by atoms with Crippen LogP contribution in [0.2, 0.25) is 0 Å². The molecule has 0 spiro atoms. The molecule has 0 aromatic carbocycles. The Kier molecular flexibility index (Phi) is 32.9. The highest BCUT2D eigenvalue weighted by atomic mass is 16.8. The molecule has 3 saturated heterocycles. The Hall–Kier alpha value is -1.99. The fourth-order valence-electron chi connectivity index (χ4n) is 8.90. The van der Waals surface area contributed by atoms with E-state index in [4.69, 9.17) is 28.4 Å². The number of aliphatic hydroxyl groups is 11. The van der Waals surface area contributed by atoms with Gasteiger partial charge in [-0.2, -0.15) is 0 Å². The van der Waals surface area contributed by atoms with Crippen molar-refractivity contribution in [3.8, 4) is 0 Å². The van der Waals surface area contributed by atoms with Crippen LogP contribution >= 0.6 is 0 Å². The van der Waals surface area contributed by atoms with Crippen molar-refractivity contribution in [1.82, 2.24) is 5.32 Å². The molecule has 17 unspecified atom stereocenters. The number of carbonyl (C=O) groups is 1. The summed E-state index contributed by atoms with van der Waals surface area (Å²) < 4.78 is 34.1. The normalized spacial score (nSPS) is 32.5. The van der Waals surface area contributed by atoms with Gasteiger partial charge in [0, 0.05) is 6.42 Å². The molecule has 3 fully saturated rings. The van der Waals surface area contributed by atoms with E-state index in [1.54, 1.807) is 6.08 Å². The zero-order chi connectivity index (χ0) is 52.0. The Bertz CT molecular complexity index is 1450. The Morgan fingerprint density at radius 1 is 0.493 bits per heavy atom. The predicted molar refractivity (Wildman–Crippen MR) is 263 cm³/mol. The molecule has 12 N–H and O–H groups in total. The maximum absolute atomic E-state index is 13.2. The first-order valence-electron chi connectivity index (χ1n) is 26.7. The van der Waals surface area contributed by atoms with E-state index in [1.165, 1.54) is 64.2 Å². The SMILES string of the molecule is CCCCCCC/C=C\CCCCCCCC(=O)NC(COC1OC(CO)C(OC2OC(CO)C(OC3OC(CO)C(O)C(O)C3O)C(O)C2O)C(O)C1O)C(O)/C=C/CC/C=C/CCCCCCCC. The van der Waals surface area contributed by atoms with Gasteiger partial charge in [0.1, 0.15) is 73.2 Å². The topological polar surface area (TPSA) is 307 Å². The van der Waals surface area contributed by atoms with Crippen LogP contribution in [0, 0.1) is 0 Å². The van der Waals surface area contributed by atoms with E-state index in [2.05, 4.69) is 43.5 Å². The molecule has 0 radical (unpaired) electrons. The fraction of sp³-hybridized carbons (Fsp3) is 0.865. The van der Waals surface area contributed by atoms with Gasteiger partial charge in [0.2, 0.25) is 5.91 Å². The number of rotatable bonds is 37. The molecule has 19 heteroatoms. The van der Waals surface area contributed by atoms with Gasteiger partial charge in [0.15, 0.2) is 18.9 Å². The van der Waals surface area contributed by atoms with Crippen molar-refractivity contribution in [2.45, 2.75) is 259 Å². The number of nitrogens with one attached hydrogen (secondary N) is 1. The van der Waals surface area contributed by atoms with Gasteiger partial charge in [-0.25, -0.2) is 0 Å². The Morgan fingerprint density at radius 2 is 0.901 bits per heavy atom. The Morgan fingerprint density at radius 3 is 1.41 bits per heavy atom. The number of hydrogen-bond acceptors (Lipinski definition) is 18. The third-order valence-corrected chi connectivity index (χ3v) is 13.4. The minimum atomic E-state index is -1.98. The highest BCUT2D eigenvalue weighted by Gasteiger charge is 2.53. The molecule has 19 nitrogen and oxygen atoms in total. The molecule has 414 valence electrons. The van der Waals surface area contributed by atoms with Gasteiger partial charge >= 0.3 is 0 Å². The molecule has 0 aliphatic carbocycles. The zero-order valence-corrected chi connectivity index (χ0v) is 42.4. The summed E-state index contributed by atoms with van der Waals surface area (Å²) >= 11 is 0. The maximum Gasteiger partial charge on any atom is 0.220 e. The summed E-state index contributed by atoms with van der Waals surface area (Å²) in [5, 5.41) is 120. The number of hydrogen-bond donors (Lipinski definition) is 12. The van der Waals surface area contributed by atoms with Crippen molar-refractivity contribution < 1.29 is 89.4 Å². The number of carbonyl (C=O) groups excluding carboxylic acids is 1. The van der Waals surface area contributed by atoms with Crippen LogP contribution in [-0.2, 0) is 33.2 Å². The predicted octanol–water partition coefficient (Wildman–Crippen LogP) is 2.59. The Labute approximate surface area is 421 Å². The summed E-state index contributed by atoms with van der Waals surface area (Å²) in [6.45, 7) is 1.63. The minimum Gasteiger partial charge on any atom is -0.394 e. The van der Waals surface area contributed by atoms with Gasteiger partial charge in [-0.15, -0.1) is 0 Å². The summed E-state index contributed by atoms with van der Waals surface area (Å²) in [5.74, 6) is -0.298. The summed E-state index contributed by atoms with van der Waals surface area (Å²) in [7, 11) is 0. The second-order valence-corrected chi connectivity index (χ2v) is 19.3. The number of amides is 1. The molecule has 3 aliphatic rings. The van der Waals surface area contributed by atoms with Gasteiger partial charge in [-0.1, -0.05) is 127 Å². The number of unbranched alkanes of at least 4 members (excludes halogenated alkanes) is 17. The molecule has 3 heterocycles. The highest BCUT2D eigenvalue weighted by Crippen LogP contribution is 2.33. The van der Waals surface area contributed by atoms with Crippen LogP contribution < -0.4 is 5.32 Å². The molecule has 17 atom stereocenters. The highest BCUT2D eigenvalue weighted by molar-refractivity contribution is 5.76. The van der Waals surface area contributed by atoms with Crippen molar-refractivity contribution in [3.05, 3.63) is 36.5 Å². The van der Waals surface area contributed by atoms with E-state index >= 15 is 0 Å². The molecular formula is C52H93NO18. The molecule has 71 heavy (non-hydrogen) atoms. The van der Waals surface area contributed by atoms with Crippen molar-refractivity contribution in [2.75, 3.05) is 26.4 Å². The summed E-state index contributed by atoms with van der Waals surface area (Å²) in [5.41, 5.74) is 0. The quantitative estimate of drug-likeness (QED) is 0.0314. The van der Waals surface area contributed by atoms with E-state index in [0.29, 0.717) is 12.8 Å². The molecule has 0 saturated carbocycles. The minimum absolute atomic E-state index is 0.225. The van der Waals surface area contributed by atoms with Crippen LogP contribution in [0.5, 0.6) is 0 Å². The zero-order valence-electron chi connectivity index (χ0n) is 42.4. The first-order chi connectivity index (χ1) is 34.3. The summed E-state index contributed by atoms with van der Waals surface area (Å²) in [4.78, 5) is 13.2. The Balaban J connectivity index is 1.57. The van der Waals surface area contributed by atoms with Crippen LogP contribution in [0.15, 0.2) is 36.5 Å². The number of allylic oxidation sites excluding steroid dienone is 5. The van der Waals surface area contributed by atoms with Crippen LogP contribution in [-0.4, -0.2) is 193 Å². The third kappa shape index (κ3) is 22.4. The van der Waals surface area contributed by atoms with Gasteiger partial charge in [-0.05, 0) is 57.8 Å². The standard InChI is InChI=1S/C52H93NO18/c1-3-5-7-9-11-13-15-17-18-20-22-24-26-28-30-40(58)53-35(36(57)29-27-25-23-21-19-16-14-12-10-8-6-4-2)34-66-50-46(64)43(61)48(38(32-55)68-50)71-52-47(65)44(62)49(39(33-56)69-52)70-51-45(63)42(60)41(59)37(31-54)67-51/h15,17,19,21,27,29,35-39,41-52,54-57,59-65H,3-14,16,18,20,22-26,28,30-34H2,1-2H3,(H,53,58)/b17-15-,21-19+,29-27+. The van der Waals surface area contributed by atoms with Crippen molar-refractivity contribution in [3.63, 3.8) is 0 Å². The smallest absolute Gasteiger partial charge is 0.220 e. The van der Waals surface area contributed by atoms with Gasteiger partial charge < -0.3 is 89.9 Å². The van der Waals surface area contributed by atoms with E-state index in [9.17, 15) is 61.0 Å². The molecular weight excluding hydrogens is 927 g/mol. The fourth-order valence-corrected chi connectivity index (χ4v) is 8.90. The monoisotopic (exact) mass is 1020 g/mol. The average Bonchev–Trinajstić information content (AvgIpc) is 3.36. The van der Waals surface area contributed by atoms with E-state index in [1.807, 2.05) is 6.08 Å². The molecule has 0 aromatic heterocycles. The van der Waals surface area contributed by atoms with Crippen LogP contribution in [0.25, 0.3) is 0 Å². The van der Waals surface area contributed by atoms with Crippen LogP contribution in [0.4, 0.5) is 0 Å². The number of aliphatic hydroxyl groups excluding tert-OH is 11. The van der Waals surface area contributed by atoms with Gasteiger partial charge in [0.25, 0.3) is 0 Å². The second-order valence-electron chi connectivity index (χ2n) is 19.3. The molecule has 0 bridgehead atoms. The van der Waals surface area contributed by atoms with Gasteiger partial charge in [0.05, 0.1) is 38.6 Å². The molecule has 3 rings (SSSR count). The molecule has 1 amide bonds. The molecule has 3 aliphatic heterocycles.